The van der Waals surface area contributed by atoms with Crippen molar-refractivity contribution in [2.45, 2.75) is 46.0 Å². The first-order valence-corrected chi connectivity index (χ1v) is 10.3. The zero-order valence-electron chi connectivity index (χ0n) is 17.1. The number of rotatable bonds is 6. The number of hydrogen-bond acceptors (Lipinski definition) is 2. The first-order valence-electron chi connectivity index (χ1n) is 10.3. The molecular formula is C24H29FN2O2. The molecule has 154 valence electrons. The van der Waals surface area contributed by atoms with Crippen LogP contribution in [0.4, 0.5) is 10.1 Å². The lowest BCUT2D eigenvalue weighted by molar-refractivity contribution is -0.128. The second-order valence-electron chi connectivity index (χ2n) is 7.95. The van der Waals surface area contributed by atoms with Gasteiger partial charge in [0, 0.05) is 24.1 Å². The highest BCUT2D eigenvalue weighted by molar-refractivity contribution is 5.93. The predicted molar refractivity (Wildman–Crippen MR) is 113 cm³/mol. The largest absolute Gasteiger partial charge is 0.356 e. The molecule has 2 aromatic carbocycles. The zero-order chi connectivity index (χ0) is 20.8. The molecule has 4 nitrogen and oxygen atoms in total. The Morgan fingerprint density at radius 1 is 0.931 bits per heavy atom. The molecule has 0 atom stereocenters. The van der Waals surface area contributed by atoms with Gasteiger partial charge in [0.1, 0.15) is 5.82 Å². The highest BCUT2D eigenvalue weighted by Gasteiger charge is 2.30. The van der Waals surface area contributed by atoms with E-state index in [9.17, 15) is 14.0 Å². The van der Waals surface area contributed by atoms with Crippen molar-refractivity contribution in [1.82, 2.24) is 5.32 Å². The minimum Gasteiger partial charge on any atom is -0.356 e. The summed E-state index contributed by atoms with van der Waals surface area (Å²) in [6.45, 7) is 4.58. The number of hydrogen-bond donors (Lipinski definition) is 2. The van der Waals surface area contributed by atoms with Gasteiger partial charge in [0.2, 0.25) is 11.8 Å². The maximum atomic E-state index is 12.9. The molecule has 5 heteroatoms. The van der Waals surface area contributed by atoms with Crippen LogP contribution in [0.5, 0.6) is 0 Å². The van der Waals surface area contributed by atoms with Gasteiger partial charge in [-0.1, -0.05) is 24.3 Å². The van der Waals surface area contributed by atoms with Crippen LogP contribution in [0.25, 0.3) is 0 Å². The average Bonchev–Trinajstić information content (AvgIpc) is 2.73. The summed E-state index contributed by atoms with van der Waals surface area (Å²) in [5, 5.41) is 6.03. The van der Waals surface area contributed by atoms with Crippen LogP contribution in [0.15, 0.2) is 42.5 Å². The fourth-order valence-electron chi connectivity index (χ4n) is 3.86. The SMILES string of the molecule is Cc1cccc(NC(=O)C2CCC(C(=O)NCCc3ccc(F)cc3)CC2)c1C. The Bertz CT molecular complexity index is 856. The Morgan fingerprint density at radius 2 is 1.55 bits per heavy atom. The third-order valence-electron chi connectivity index (χ3n) is 5.96. The topological polar surface area (TPSA) is 58.2 Å². The minimum absolute atomic E-state index is 0.0343. The van der Waals surface area contributed by atoms with Crippen LogP contribution in [0.1, 0.15) is 42.4 Å². The van der Waals surface area contributed by atoms with E-state index in [1.165, 1.54) is 12.1 Å². The Labute approximate surface area is 171 Å². The predicted octanol–water partition coefficient (Wildman–Crippen LogP) is 4.55. The standard InChI is InChI=1S/C24H29FN2O2/c1-16-4-3-5-22(17(16)2)27-24(29)20-10-8-19(9-11-20)23(28)26-15-14-18-6-12-21(25)13-7-18/h3-7,12-13,19-20H,8-11,14-15H2,1-2H3,(H,26,28)(H,27,29). The Balaban J connectivity index is 1.42. The van der Waals surface area contributed by atoms with E-state index >= 15 is 0 Å². The van der Waals surface area contributed by atoms with E-state index in [4.69, 9.17) is 0 Å². The van der Waals surface area contributed by atoms with E-state index in [0.29, 0.717) is 13.0 Å². The van der Waals surface area contributed by atoms with Gasteiger partial charge in [0.05, 0.1) is 0 Å². The fraction of sp³-hybridized carbons (Fsp3) is 0.417. The summed E-state index contributed by atoms with van der Waals surface area (Å²) in [5.41, 5.74) is 4.12. The van der Waals surface area contributed by atoms with Crippen LogP contribution in [0, 0.1) is 31.5 Å². The van der Waals surface area contributed by atoms with Crippen LogP contribution < -0.4 is 10.6 Å². The normalized spacial score (nSPS) is 18.9. The summed E-state index contributed by atoms with van der Waals surface area (Å²) in [6, 6.07) is 12.3. The van der Waals surface area contributed by atoms with Gasteiger partial charge in [-0.25, -0.2) is 4.39 Å². The number of carbonyl (C=O) groups excluding carboxylic acids is 2. The monoisotopic (exact) mass is 396 g/mol. The molecule has 0 unspecified atom stereocenters. The molecule has 0 aliphatic heterocycles. The van der Waals surface area contributed by atoms with Gasteiger partial charge in [0.15, 0.2) is 0 Å². The van der Waals surface area contributed by atoms with Crippen molar-refractivity contribution in [1.29, 1.82) is 0 Å². The van der Waals surface area contributed by atoms with E-state index in [1.807, 2.05) is 32.0 Å². The summed E-state index contributed by atoms with van der Waals surface area (Å²) >= 11 is 0. The van der Waals surface area contributed by atoms with Gasteiger partial charge in [-0.2, -0.15) is 0 Å². The number of nitrogens with one attached hydrogen (secondary N) is 2. The van der Waals surface area contributed by atoms with Gasteiger partial charge in [0.25, 0.3) is 0 Å². The summed E-state index contributed by atoms with van der Waals surface area (Å²) in [6.07, 6.45) is 3.60. The Hall–Kier alpha value is -2.69. The van der Waals surface area contributed by atoms with Crippen LogP contribution in [0.3, 0.4) is 0 Å². The van der Waals surface area contributed by atoms with Gasteiger partial charge in [-0.3, -0.25) is 9.59 Å². The van der Waals surface area contributed by atoms with Crippen molar-refractivity contribution in [2.75, 3.05) is 11.9 Å². The maximum Gasteiger partial charge on any atom is 0.227 e. The first-order chi connectivity index (χ1) is 13.9. The molecule has 0 radical (unpaired) electrons. The molecule has 0 saturated heterocycles. The van der Waals surface area contributed by atoms with Crippen LogP contribution in [-0.4, -0.2) is 18.4 Å². The smallest absolute Gasteiger partial charge is 0.227 e. The maximum absolute atomic E-state index is 12.9. The lowest BCUT2D eigenvalue weighted by Gasteiger charge is -2.27. The summed E-state index contributed by atoms with van der Waals surface area (Å²) < 4.78 is 12.9. The van der Waals surface area contributed by atoms with Crippen LogP contribution in [-0.2, 0) is 16.0 Å². The van der Waals surface area contributed by atoms with Gasteiger partial charge in [-0.15, -0.1) is 0 Å². The lowest BCUT2D eigenvalue weighted by Crippen LogP contribution is -2.36. The van der Waals surface area contributed by atoms with Crippen LogP contribution >= 0.6 is 0 Å². The van der Waals surface area contributed by atoms with Crippen molar-refractivity contribution in [2.24, 2.45) is 11.8 Å². The number of aryl methyl sites for hydroxylation is 1. The van der Waals surface area contributed by atoms with Crippen molar-refractivity contribution < 1.29 is 14.0 Å². The molecule has 0 aromatic heterocycles. The molecule has 2 amide bonds. The molecule has 2 N–H and O–H groups in total. The Morgan fingerprint density at radius 3 is 2.21 bits per heavy atom. The molecule has 1 aliphatic carbocycles. The first kappa shape index (κ1) is 21.0. The molecule has 3 rings (SSSR count). The van der Waals surface area contributed by atoms with E-state index in [0.717, 1.165) is 48.1 Å². The molecule has 1 fully saturated rings. The quantitative estimate of drug-likeness (QED) is 0.753. The van der Waals surface area contributed by atoms with E-state index in [2.05, 4.69) is 10.6 Å². The molecular weight excluding hydrogens is 367 g/mol. The highest BCUT2D eigenvalue weighted by atomic mass is 19.1. The molecule has 0 spiro atoms. The molecule has 1 aliphatic rings. The summed E-state index contributed by atoms with van der Waals surface area (Å²) in [4.78, 5) is 25.0. The van der Waals surface area contributed by atoms with Gasteiger partial charge < -0.3 is 10.6 Å². The summed E-state index contributed by atoms with van der Waals surface area (Å²) in [5.74, 6) is -0.225. The Kier molecular flexibility index (Phi) is 7.02. The van der Waals surface area contributed by atoms with Crippen molar-refractivity contribution in [3.8, 4) is 0 Å². The third kappa shape index (κ3) is 5.66. The van der Waals surface area contributed by atoms with Gasteiger partial charge >= 0.3 is 0 Å². The van der Waals surface area contributed by atoms with E-state index in [-0.39, 0.29) is 29.5 Å². The number of benzene rings is 2. The summed E-state index contributed by atoms with van der Waals surface area (Å²) in [7, 11) is 0. The van der Waals surface area contributed by atoms with Gasteiger partial charge in [-0.05, 0) is 80.8 Å². The molecule has 0 bridgehead atoms. The molecule has 29 heavy (non-hydrogen) atoms. The van der Waals surface area contributed by atoms with Crippen LogP contribution in [0.2, 0.25) is 0 Å². The third-order valence-corrected chi connectivity index (χ3v) is 5.96. The minimum atomic E-state index is -0.254. The molecule has 2 aromatic rings. The van der Waals surface area contributed by atoms with E-state index in [1.54, 1.807) is 12.1 Å². The second-order valence-corrected chi connectivity index (χ2v) is 7.95. The highest BCUT2D eigenvalue weighted by Crippen LogP contribution is 2.30. The lowest BCUT2D eigenvalue weighted by atomic mass is 9.81. The zero-order valence-corrected chi connectivity index (χ0v) is 17.1. The van der Waals surface area contributed by atoms with E-state index < -0.39 is 0 Å². The fourth-order valence-corrected chi connectivity index (χ4v) is 3.86. The van der Waals surface area contributed by atoms with Crippen molar-refractivity contribution in [3.05, 3.63) is 65.0 Å². The van der Waals surface area contributed by atoms with Crippen molar-refractivity contribution >= 4 is 17.5 Å². The number of carbonyl (C=O) groups is 2. The number of halogens is 1. The number of anilines is 1. The number of amides is 2. The average molecular weight is 397 g/mol. The van der Waals surface area contributed by atoms with Crippen molar-refractivity contribution in [3.63, 3.8) is 0 Å². The molecule has 1 saturated carbocycles. The molecule has 0 heterocycles. The second kappa shape index (κ2) is 9.68.